The summed E-state index contributed by atoms with van der Waals surface area (Å²) in [6.07, 6.45) is 4.89. The molecule has 0 spiro atoms. The Bertz CT molecular complexity index is 512. The van der Waals surface area contributed by atoms with Gasteiger partial charge in [-0.25, -0.2) is 0 Å². The number of hydrogen-bond acceptors (Lipinski definition) is 1. The number of likely N-dealkylation sites (tertiary alicyclic amines) is 1. The third-order valence-corrected chi connectivity index (χ3v) is 3.82. The van der Waals surface area contributed by atoms with E-state index in [1.807, 2.05) is 12.1 Å². The molecule has 0 aliphatic carbocycles. The quantitative estimate of drug-likeness (QED) is 0.808. The summed E-state index contributed by atoms with van der Waals surface area (Å²) in [7, 11) is 0. The van der Waals surface area contributed by atoms with Crippen LogP contribution in [0, 0.1) is 0 Å². The van der Waals surface area contributed by atoms with Crippen molar-refractivity contribution in [1.29, 1.82) is 0 Å². The van der Waals surface area contributed by atoms with Crippen LogP contribution in [0.25, 0.3) is 10.9 Å². The summed E-state index contributed by atoms with van der Waals surface area (Å²) in [5.41, 5.74) is 1.29. The fraction of sp³-hybridized carbons (Fsp3) is 0.429. The van der Waals surface area contributed by atoms with Crippen molar-refractivity contribution < 1.29 is 0 Å². The summed E-state index contributed by atoms with van der Waals surface area (Å²) < 4.78 is 2.32. The van der Waals surface area contributed by atoms with E-state index in [9.17, 15) is 0 Å². The van der Waals surface area contributed by atoms with Crippen LogP contribution < -0.4 is 0 Å². The van der Waals surface area contributed by atoms with Crippen molar-refractivity contribution in [3.8, 4) is 0 Å². The fourth-order valence-electron chi connectivity index (χ4n) is 2.62. The zero-order chi connectivity index (χ0) is 11.7. The Hall–Kier alpha value is -0.990. The van der Waals surface area contributed by atoms with Gasteiger partial charge in [0, 0.05) is 35.2 Å². The van der Waals surface area contributed by atoms with Gasteiger partial charge in [-0.05, 0) is 50.2 Å². The molecule has 0 unspecified atom stereocenters. The van der Waals surface area contributed by atoms with Crippen molar-refractivity contribution in [3.63, 3.8) is 0 Å². The Morgan fingerprint density at radius 1 is 1.06 bits per heavy atom. The molecule has 0 bridgehead atoms. The predicted octanol–water partition coefficient (Wildman–Crippen LogP) is 3.39. The molecule has 0 N–H and O–H groups in total. The van der Waals surface area contributed by atoms with Crippen LogP contribution in [0.3, 0.4) is 0 Å². The predicted molar refractivity (Wildman–Crippen MR) is 72.6 cm³/mol. The molecule has 1 aromatic carbocycles. The normalized spacial score (nSPS) is 17.0. The molecule has 0 radical (unpaired) electrons. The van der Waals surface area contributed by atoms with Crippen molar-refractivity contribution in [3.05, 3.63) is 35.5 Å². The zero-order valence-corrected chi connectivity index (χ0v) is 10.7. The second-order valence-corrected chi connectivity index (χ2v) is 5.20. The first-order valence-corrected chi connectivity index (χ1v) is 6.67. The van der Waals surface area contributed by atoms with E-state index in [1.54, 1.807) is 0 Å². The molecule has 1 aliphatic heterocycles. The highest BCUT2D eigenvalue weighted by Gasteiger charge is 2.11. The molecule has 0 amide bonds. The summed E-state index contributed by atoms with van der Waals surface area (Å²) in [4.78, 5) is 2.54. The molecular formula is C14H17ClN2. The number of fused-ring (bicyclic) bond motifs is 1. The van der Waals surface area contributed by atoms with E-state index < -0.39 is 0 Å². The third kappa shape index (κ3) is 2.33. The van der Waals surface area contributed by atoms with Gasteiger partial charge in [-0.1, -0.05) is 11.6 Å². The van der Waals surface area contributed by atoms with E-state index in [0.29, 0.717) is 0 Å². The zero-order valence-electron chi connectivity index (χ0n) is 9.90. The first-order valence-electron chi connectivity index (χ1n) is 6.30. The highest BCUT2D eigenvalue weighted by atomic mass is 35.5. The van der Waals surface area contributed by atoms with Gasteiger partial charge in [-0.2, -0.15) is 0 Å². The Morgan fingerprint density at radius 3 is 2.71 bits per heavy atom. The van der Waals surface area contributed by atoms with Crippen LogP contribution in [0.2, 0.25) is 5.02 Å². The van der Waals surface area contributed by atoms with E-state index in [2.05, 4.69) is 27.8 Å². The van der Waals surface area contributed by atoms with Gasteiger partial charge in [-0.3, -0.25) is 0 Å². The molecule has 3 rings (SSSR count). The fourth-order valence-corrected chi connectivity index (χ4v) is 2.80. The lowest BCUT2D eigenvalue weighted by molar-refractivity contribution is 0.324. The lowest BCUT2D eigenvalue weighted by Crippen LogP contribution is -2.23. The summed E-state index contributed by atoms with van der Waals surface area (Å²) in [6.45, 7) is 4.77. The molecular weight excluding hydrogens is 232 g/mol. The third-order valence-electron chi connectivity index (χ3n) is 3.59. The number of hydrogen-bond donors (Lipinski definition) is 0. The summed E-state index contributed by atoms with van der Waals surface area (Å²) in [5.74, 6) is 0. The van der Waals surface area contributed by atoms with Crippen molar-refractivity contribution in [2.45, 2.75) is 19.4 Å². The summed E-state index contributed by atoms with van der Waals surface area (Å²) in [6, 6.07) is 8.26. The second-order valence-electron chi connectivity index (χ2n) is 4.76. The molecule has 0 atom stereocenters. The Balaban J connectivity index is 1.76. The van der Waals surface area contributed by atoms with Gasteiger partial charge >= 0.3 is 0 Å². The van der Waals surface area contributed by atoms with Crippen molar-refractivity contribution in [1.82, 2.24) is 9.47 Å². The van der Waals surface area contributed by atoms with Crippen LogP contribution in [0.1, 0.15) is 12.8 Å². The van der Waals surface area contributed by atoms with E-state index >= 15 is 0 Å². The molecule has 1 fully saturated rings. The standard InChI is InChI=1S/C14H17ClN2/c15-13-3-4-14-12(11-13)5-8-17(14)10-9-16-6-1-2-7-16/h3-5,8,11H,1-2,6-7,9-10H2. The van der Waals surface area contributed by atoms with Crippen LogP contribution in [0.4, 0.5) is 0 Å². The van der Waals surface area contributed by atoms with Crippen molar-refractivity contribution in [2.75, 3.05) is 19.6 Å². The van der Waals surface area contributed by atoms with Crippen LogP contribution >= 0.6 is 11.6 Å². The average molecular weight is 249 g/mol. The van der Waals surface area contributed by atoms with E-state index in [-0.39, 0.29) is 0 Å². The maximum atomic E-state index is 5.99. The van der Waals surface area contributed by atoms with Crippen LogP contribution in [-0.2, 0) is 6.54 Å². The van der Waals surface area contributed by atoms with Gasteiger partial charge in [-0.15, -0.1) is 0 Å². The maximum absolute atomic E-state index is 5.99. The van der Waals surface area contributed by atoms with Gasteiger partial charge in [0.15, 0.2) is 0 Å². The number of aromatic nitrogens is 1. The minimum atomic E-state index is 0.815. The lowest BCUT2D eigenvalue weighted by atomic mass is 10.2. The number of rotatable bonds is 3. The van der Waals surface area contributed by atoms with E-state index in [4.69, 9.17) is 11.6 Å². The van der Waals surface area contributed by atoms with Crippen molar-refractivity contribution in [2.24, 2.45) is 0 Å². The smallest absolute Gasteiger partial charge is 0.0481 e. The molecule has 1 aliphatic rings. The summed E-state index contributed by atoms with van der Waals surface area (Å²) >= 11 is 5.99. The van der Waals surface area contributed by atoms with Crippen LogP contribution in [0.5, 0.6) is 0 Å². The van der Waals surface area contributed by atoms with Gasteiger partial charge < -0.3 is 9.47 Å². The summed E-state index contributed by atoms with van der Waals surface area (Å²) in [5, 5.41) is 2.05. The minimum Gasteiger partial charge on any atom is -0.346 e. The number of halogens is 1. The Kier molecular flexibility index (Phi) is 3.08. The van der Waals surface area contributed by atoms with E-state index in [1.165, 1.54) is 36.8 Å². The topological polar surface area (TPSA) is 8.17 Å². The molecule has 2 aromatic rings. The van der Waals surface area contributed by atoms with Crippen LogP contribution in [0.15, 0.2) is 30.5 Å². The molecule has 2 heterocycles. The minimum absolute atomic E-state index is 0.815. The molecule has 3 heteroatoms. The molecule has 1 aromatic heterocycles. The molecule has 2 nitrogen and oxygen atoms in total. The molecule has 1 saturated heterocycles. The first-order chi connectivity index (χ1) is 8.33. The van der Waals surface area contributed by atoms with Crippen molar-refractivity contribution >= 4 is 22.5 Å². The maximum Gasteiger partial charge on any atom is 0.0481 e. The van der Waals surface area contributed by atoms with Crippen LogP contribution in [-0.4, -0.2) is 29.1 Å². The average Bonchev–Trinajstić information content (AvgIpc) is 2.94. The number of nitrogens with zero attached hydrogens (tertiary/aromatic N) is 2. The van der Waals surface area contributed by atoms with Gasteiger partial charge in [0.05, 0.1) is 0 Å². The molecule has 90 valence electrons. The monoisotopic (exact) mass is 248 g/mol. The van der Waals surface area contributed by atoms with Gasteiger partial charge in [0.25, 0.3) is 0 Å². The largest absolute Gasteiger partial charge is 0.346 e. The SMILES string of the molecule is Clc1ccc2c(ccn2CCN2CCCC2)c1. The van der Waals surface area contributed by atoms with Gasteiger partial charge in [0.1, 0.15) is 0 Å². The highest BCUT2D eigenvalue weighted by Crippen LogP contribution is 2.20. The first kappa shape index (κ1) is 11.1. The van der Waals surface area contributed by atoms with Gasteiger partial charge in [0.2, 0.25) is 0 Å². The Morgan fingerprint density at radius 2 is 1.88 bits per heavy atom. The lowest BCUT2D eigenvalue weighted by Gasteiger charge is -2.15. The Labute approximate surface area is 107 Å². The van der Waals surface area contributed by atoms with E-state index in [0.717, 1.165) is 18.1 Å². The number of benzene rings is 1. The molecule has 0 saturated carbocycles. The second kappa shape index (κ2) is 4.71. The molecule has 17 heavy (non-hydrogen) atoms. The highest BCUT2D eigenvalue weighted by molar-refractivity contribution is 6.31.